The molecule has 1 aromatic rings. The zero-order valence-corrected chi connectivity index (χ0v) is 11.1. The van der Waals surface area contributed by atoms with Crippen LogP contribution in [-0.4, -0.2) is 44.5 Å². The van der Waals surface area contributed by atoms with Crippen LogP contribution in [-0.2, 0) is 11.2 Å². The summed E-state index contributed by atoms with van der Waals surface area (Å²) in [4.78, 5) is 14.2. The van der Waals surface area contributed by atoms with E-state index < -0.39 is 0 Å². The van der Waals surface area contributed by atoms with Gasteiger partial charge in [0.05, 0.1) is 0 Å². The number of nitrogens with zero attached hydrogens (tertiary/aromatic N) is 1. The second-order valence-corrected chi connectivity index (χ2v) is 4.70. The second-order valence-electron chi connectivity index (χ2n) is 4.70. The molecule has 1 aromatic carbocycles. The van der Waals surface area contributed by atoms with E-state index in [4.69, 9.17) is 0 Å². The Hall–Kier alpha value is -1.39. The maximum atomic E-state index is 12.4. The molecule has 0 spiro atoms. The monoisotopic (exact) mass is 247 g/mol. The van der Waals surface area contributed by atoms with Crippen LogP contribution in [0.2, 0.25) is 0 Å². The molecule has 18 heavy (non-hydrogen) atoms. The van der Waals surface area contributed by atoms with Gasteiger partial charge in [-0.2, -0.15) is 0 Å². The van der Waals surface area contributed by atoms with Crippen LogP contribution in [0.4, 0.5) is 0 Å². The van der Waals surface area contributed by atoms with Gasteiger partial charge in [0.1, 0.15) is 6.04 Å². The van der Waals surface area contributed by atoms with Crippen LogP contribution in [0.15, 0.2) is 24.3 Å². The fourth-order valence-electron chi connectivity index (χ4n) is 2.34. The van der Waals surface area contributed by atoms with E-state index in [9.17, 15) is 4.79 Å². The Morgan fingerprint density at radius 1 is 1.50 bits per heavy atom. The van der Waals surface area contributed by atoms with Crippen LogP contribution in [0.1, 0.15) is 17.2 Å². The predicted molar refractivity (Wildman–Crippen MR) is 72.5 cm³/mol. The van der Waals surface area contributed by atoms with E-state index in [1.807, 2.05) is 26.2 Å². The highest BCUT2D eigenvalue weighted by atomic mass is 16.2. The van der Waals surface area contributed by atoms with Crippen molar-refractivity contribution in [2.45, 2.75) is 12.5 Å². The molecule has 4 nitrogen and oxygen atoms in total. The third kappa shape index (κ3) is 2.71. The van der Waals surface area contributed by atoms with Crippen LogP contribution in [0.5, 0.6) is 0 Å². The summed E-state index contributed by atoms with van der Waals surface area (Å²) in [5.74, 6) is 0.150. The molecule has 4 heteroatoms. The summed E-state index contributed by atoms with van der Waals surface area (Å²) in [5.41, 5.74) is 2.42. The lowest BCUT2D eigenvalue weighted by atomic mass is 9.93. The zero-order chi connectivity index (χ0) is 13.0. The lowest BCUT2D eigenvalue weighted by molar-refractivity contribution is -0.132. The van der Waals surface area contributed by atoms with Crippen molar-refractivity contribution < 1.29 is 4.79 Å². The number of likely N-dealkylation sites (N-methyl/N-ethyl adjacent to an activating group) is 2. The number of carbonyl (C=O) groups excluding carboxylic acids is 1. The maximum Gasteiger partial charge on any atom is 0.244 e. The largest absolute Gasteiger partial charge is 0.343 e. The molecule has 1 amide bonds. The average molecular weight is 247 g/mol. The Morgan fingerprint density at radius 2 is 2.28 bits per heavy atom. The van der Waals surface area contributed by atoms with Crippen molar-refractivity contribution in [2.75, 3.05) is 33.7 Å². The summed E-state index contributed by atoms with van der Waals surface area (Å²) in [5, 5.41) is 6.38. The van der Waals surface area contributed by atoms with Crippen molar-refractivity contribution in [3.8, 4) is 0 Å². The van der Waals surface area contributed by atoms with E-state index in [2.05, 4.69) is 22.8 Å². The first kappa shape index (κ1) is 13.1. The quantitative estimate of drug-likeness (QED) is 0.817. The number of hydrogen-bond donors (Lipinski definition) is 2. The summed E-state index contributed by atoms with van der Waals surface area (Å²) >= 11 is 0. The fourth-order valence-corrected chi connectivity index (χ4v) is 2.34. The van der Waals surface area contributed by atoms with Gasteiger partial charge in [-0.15, -0.1) is 0 Å². The molecule has 0 radical (unpaired) electrons. The van der Waals surface area contributed by atoms with E-state index >= 15 is 0 Å². The molecule has 0 bridgehead atoms. The topological polar surface area (TPSA) is 44.4 Å². The molecular formula is C14H21N3O. The molecule has 1 atom stereocenters. The van der Waals surface area contributed by atoms with Crippen molar-refractivity contribution in [1.29, 1.82) is 0 Å². The molecule has 0 saturated carbocycles. The van der Waals surface area contributed by atoms with Crippen LogP contribution in [0, 0.1) is 0 Å². The number of benzene rings is 1. The lowest BCUT2D eigenvalue weighted by Crippen LogP contribution is -2.43. The van der Waals surface area contributed by atoms with Gasteiger partial charge in [0.25, 0.3) is 0 Å². The molecular weight excluding hydrogens is 226 g/mol. The smallest absolute Gasteiger partial charge is 0.244 e. The first-order valence-corrected chi connectivity index (χ1v) is 6.45. The van der Waals surface area contributed by atoms with Crippen molar-refractivity contribution >= 4 is 5.91 Å². The first-order valence-electron chi connectivity index (χ1n) is 6.45. The van der Waals surface area contributed by atoms with Gasteiger partial charge in [0, 0.05) is 26.7 Å². The number of fused-ring (bicyclic) bond motifs is 1. The van der Waals surface area contributed by atoms with Crippen LogP contribution < -0.4 is 10.6 Å². The van der Waals surface area contributed by atoms with E-state index in [0.29, 0.717) is 0 Å². The Balaban J connectivity index is 2.12. The van der Waals surface area contributed by atoms with Crippen molar-refractivity contribution in [3.05, 3.63) is 35.4 Å². The van der Waals surface area contributed by atoms with Gasteiger partial charge < -0.3 is 15.5 Å². The predicted octanol–water partition coefficient (Wildman–Crippen LogP) is 0.551. The number of nitrogens with one attached hydrogen (secondary N) is 2. The Bertz CT molecular complexity index is 419. The van der Waals surface area contributed by atoms with Crippen LogP contribution in [0.25, 0.3) is 0 Å². The second kappa shape index (κ2) is 5.98. The lowest BCUT2D eigenvalue weighted by Gasteiger charge is -2.29. The number of rotatable bonds is 4. The summed E-state index contributed by atoms with van der Waals surface area (Å²) < 4.78 is 0. The molecule has 0 aliphatic carbocycles. The minimum Gasteiger partial charge on any atom is -0.343 e. The molecule has 0 saturated heterocycles. The highest BCUT2D eigenvalue weighted by Crippen LogP contribution is 2.23. The van der Waals surface area contributed by atoms with Gasteiger partial charge in [-0.3, -0.25) is 4.79 Å². The van der Waals surface area contributed by atoms with Crippen molar-refractivity contribution in [1.82, 2.24) is 15.5 Å². The highest BCUT2D eigenvalue weighted by Gasteiger charge is 2.27. The molecule has 1 aliphatic rings. The zero-order valence-electron chi connectivity index (χ0n) is 11.1. The fraction of sp³-hybridized carbons (Fsp3) is 0.500. The number of carbonyl (C=O) groups is 1. The van der Waals surface area contributed by atoms with E-state index in [1.165, 1.54) is 5.56 Å². The molecule has 2 N–H and O–H groups in total. The first-order chi connectivity index (χ1) is 8.74. The Labute approximate surface area is 108 Å². The van der Waals surface area contributed by atoms with E-state index in [-0.39, 0.29) is 11.9 Å². The maximum absolute atomic E-state index is 12.4. The van der Waals surface area contributed by atoms with Gasteiger partial charge in [0.15, 0.2) is 0 Å². The normalized spacial score (nSPS) is 18.2. The van der Waals surface area contributed by atoms with Crippen LogP contribution in [0.3, 0.4) is 0 Å². The standard InChI is InChI=1S/C14H21N3O/c1-15-9-10-17(2)14(18)13-12-6-4-3-5-11(12)7-8-16-13/h3-6,13,15-16H,7-10H2,1-2H3. The highest BCUT2D eigenvalue weighted by molar-refractivity contribution is 5.83. The van der Waals surface area contributed by atoms with Gasteiger partial charge in [-0.25, -0.2) is 0 Å². The molecule has 0 aromatic heterocycles. The Morgan fingerprint density at radius 3 is 3.06 bits per heavy atom. The van der Waals surface area contributed by atoms with Gasteiger partial charge in [-0.05, 0) is 24.6 Å². The number of hydrogen-bond acceptors (Lipinski definition) is 3. The molecule has 98 valence electrons. The minimum absolute atomic E-state index is 0.150. The van der Waals surface area contributed by atoms with E-state index in [0.717, 1.165) is 31.6 Å². The Kier molecular flexibility index (Phi) is 4.33. The minimum atomic E-state index is -0.184. The van der Waals surface area contributed by atoms with Gasteiger partial charge in [-0.1, -0.05) is 24.3 Å². The van der Waals surface area contributed by atoms with Gasteiger partial charge in [0.2, 0.25) is 5.91 Å². The summed E-state index contributed by atoms with van der Waals surface area (Å²) in [6.07, 6.45) is 1.00. The molecule has 1 aliphatic heterocycles. The summed E-state index contributed by atoms with van der Waals surface area (Å²) in [6, 6.07) is 8.02. The third-order valence-corrected chi connectivity index (χ3v) is 3.43. The van der Waals surface area contributed by atoms with E-state index in [1.54, 1.807) is 4.90 Å². The summed E-state index contributed by atoms with van der Waals surface area (Å²) in [7, 11) is 3.76. The molecule has 0 fully saturated rings. The molecule has 1 unspecified atom stereocenters. The van der Waals surface area contributed by atoms with Crippen molar-refractivity contribution in [3.63, 3.8) is 0 Å². The SMILES string of the molecule is CNCCN(C)C(=O)C1NCCc2ccccc21. The number of amides is 1. The van der Waals surface area contributed by atoms with Crippen molar-refractivity contribution in [2.24, 2.45) is 0 Å². The molecule has 1 heterocycles. The average Bonchev–Trinajstić information content (AvgIpc) is 2.43. The van der Waals surface area contributed by atoms with Crippen LogP contribution >= 0.6 is 0 Å². The molecule has 2 rings (SSSR count). The summed E-state index contributed by atoms with van der Waals surface area (Å²) in [6.45, 7) is 2.42. The third-order valence-electron chi connectivity index (χ3n) is 3.43. The van der Waals surface area contributed by atoms with Gasteiger partial charge >= 0.3 is 0 Å².